The van der Waals surface area contributed by atoms with Crippen LogP contribution in [0.5, 0.6) is 0 Å². The van der Waals surface area contributed by atoms with Crippen LogP contribution in [-0.4, -0.2) is 17.4 Å². The molecule has 0 saturated heterocycles. The number of nitrogens with one attached hydrogen (secondary N) is 2. The molecule has 2 aromatic carbocycles. The van der Waals surface area contributed by atoms with E-state index in [1.165, 1.54) is 100 Å². The summed E-state index contributed by atoms with van der Waals surface area (Å²) in [6.07, 6.45) is 19.2. The lowest BCUT2D eigenvalue weighted by molar-refractivity contribution is 0.102. The lowest BCUT2D eigenvalue weighted by Crippen LogP contribution is -2.13. The summed E-state index contributed by atoms with van der Waals surface area (Å²) >= 11 is 1.45. The first-order chi connectivity index (χ1) is 19.9. The number of nitrogens with zero attached hydrogens (tertiary/aromatic N) is 1. The molecule has 0 radical (unpaired) electrons. The second kappa shape index (κ2) is 21.1. The molecule has 0 atom stereocenters. The van der Waals surface area contributed by atoms with Gasteiger partial charge in [-0.15, -0.1) is 0 Å². The molecule has 1 amide bonds. The van der Waals surface area contributed by atoms with E-state index in [0.717, 1.165) is 40.6 Å². The summed E-state index contributed by atoms with van der Waals surface area (Å²) in [5.41, 5.74) is 5.09. The van der Waals surface area contributed by atoms with Gasteiger partial charge in [-0.3, -0.25) is 4.79 Å². The van der Waals surface area contributed by atoms with Crippen molar-refractivity contribution in [1.29, 1.82) is 0 Å². The molecule has 0 aliphatic heterocycles. The molecule has 1 aromatic heterocycles. The smallest absolute Gasteiger partial charge is 0.267 e. The van der Waals surface area contributed by atoms with Crippen LogP contribution in [0, 0.1) is 27.7 Å². The minimum Gasteiger partial charge on any atom is -0.361 e. The number of hydrogen-bond acceptors (Lipinski definition) is 4. The van der Waals surface area contributed by atoms with Gasteiger partial charge >= 0.3 is 0 Å². The minimum absolute atomic E-state index is 0.0698. The molecule has 4 nitrogen and oxygen atoms in total. The monoisotopic (exact) mass is 577 g/mol. The molecular formula is C36H55N3OS. The van der Waals surface area contributed by atoms with Gasteiger partial charge in [0, 0.05) is 12.2 Å². The summed E-state index contributed by atoms with van der Waals surface area (Å²) in [6.45, 7) is 11.3. The van der Waals surface area contributed by atoms with Crippen LogP contribution in [0.2, 0.25) is 0 Å². The molecule has 1 heterocycles. The Morgan fingerprint density at radius 3 is 1.59 bits per heavy atom. The Morgan fingerprint density at radius 1 is 0.683 bits per heavy atom. The topological polar surface area (TPSA) is 54.0 Å². The molecule has 0 unspecified atom stereocenters. The Hall–Kier alpha value is -2.66. The number of carbonyl (C=O) groups is 1. The van der Waals surface area contributed by atoms with Crippen LogP contribution in [-0.2, 0) is 0 Å². The summed E-state index contributed by atoms with van der Waals surface area (Å²) in [7, 11) is 0. The van der Waals surface area contributed by atoms with E-state index in [1.54, 1.807) is 0 Å². The van der Waals surface area contributed by atoms with Crippen LogP contribution in [0.1, 0.15) is 129 Å². The van der Waals surface area contributed by atoms with Crippen molar-refractivity contribution in [2.75, 3.05) is 17.2 Å². The third-order valence-electron chi connectivity index (χ3n) is 7.39. The lowest BCUT2D eigenvalue weighted by atomic mass is 10.0. The van der Waals surface area contributed by atoms with Gasteiger partial charge in [-0.1, -0.05) is 156 Å². The van der Waals surface area contributed by atoms with E-state index in [1.807, 2.05) is 57.2 Å². The van der Waals surface area contributed by atoms with Crippen molar-refractivity contribution in [3.8, 4) is 0 Å². The number of amides is 1. The van der Waals surface area contributed by atoms with Crippen LogP contribution < -0.4 is 10.6 Å². The summed E-state index contributed by atoms with van der Waals surface area (Å²) in [5.74, 6) is -0.0698. The largest absolute Gasteiger partial charge is 0.361 e. The molecule has 0 spiro atoms. The van der Waals surface area contributed by atoms with Gasteiger partial charge in [-0.2, -0.15) is 0 Å². The number of rotatable bonds is 18. The number of benzene rings is 2. The number of carbonyl (C=O) groups excluding carboxylic acids is 1. The highest BCUT2D eigenvalue weighted by atomic mass is 32.1. The summed E-state index contributed by atoms with van der Waals surface area (Å²) < 4.78 is 0. The van der Waals surface area contributed by atoms with Crippen molar-refractivity contribution in [3.05, 3.63) is 75.8 Å². The Kier molecular flexibility index (Phi) is 17.8. The maximum Gasteiger partial charge on any atom is 0.267 e. The highest BCUT2D eigenvalue weighted by Crippen LogP contribution is 2.27. The third-order valence-corrected chi connectivity index (χ3v) is 8.51. The molecule has 2 N–H and O–H groups in total. The van der Waals surface area contributed by atoms with Gasteiger partial charge in [0.2, 0.25) is 0 Å². The Labute approximate surface area is 254 Å². The normalized spacial score (nSPS) is 10.7. The van der Waals surface area contributed by atoms with E-state index in [0.29, 0.717) is 4.88 Å². The van der Waals surface area contributed by atoms with Crippen LogP contribution in [0.15, 0.2) is 48.5 Å². The van der Waals surface area contributed by atoms with E-state index in [4.69, 9.17) is 0 Å². The van der Waals surface area contributed by atoms with Crippen molar-refractivity contribution in [3.63, 3.8) is 0 Å². The van der Waals surface area contributed by atoms with Crippen LogP contribution >= 0.6 is 11.3 Å². The molecule has 0 bridgehead atoms. The molecule has 0 saturated carbocycles. The minimum atomic E-state index is -0.0698. The van der Waals surface area contributed by atoms with Crippen molar-refractivity contribution < 1.29 is 4.79 Å². The summed E-state index contributed by atoms with van der Waals surface area (Å²) in [5, 5.41) is 7.37. The maximum atomic E-state index is 12.9. The van der Waals surface area contributed by atoms with Gasteiger partial charge in [-0.05, 0) is 45.2 Å². The molecule has 3 rings (SSSR count). The Morgan fingerprint density at radius 2 is 1.12 bits per heavy atom. The number of aryl methyl sites for hydroxylation is 4. The molecule has 0 aliphatic rings. The fraction of sp³-hybridized carbons (Fsp3) is 0.556. The van der Waals surface area contributed by atoms with Crippen molar-refractivity contribution in [2.45, 2.75) is 125 Å². The van der Waals surface area contributed by atoms with Gasteiger partial charge < -0.3 is 10.6 Å². The van der Waals surface area contributed by atoms with Gasteiger partial charge in [0.1, 0.15) is 4.88 Å². The molecular weight excluding hydrogens is 522 g/mol. The number of anilines is 2. The highest BCUT2D eigenvalue weighted by molar-refractivity contribution is 7.17. The summed E-state index contributed by atoms with van der Waals surface area (Å²) in [6, 6.07) is 16.2. The van der Waals surface area contributed by atoms with E-state index in [2.05, 4.69) is 41.6 Å². The van der Waals surface area contributed by atoms with Gasteiger partial charge in [0.25, 0.3) is 5.91 Å². The number of thiazole rings is 1. The Bertz CT molecular complexity index is 1060. The first kappa shape index (κ1) is 34.5. The SMILES string of the molecule is CCCCCCCCCCCCCCCCNc1nc(C)c(C(=O)Nc2c(C)cc(C)cc2C)s1.c1ccccc1. The van der Waals surface area contributed by atoms with Crippen LogP contribution in [0.4, 0.5) is 10.8 Å². The van der Waals surface area contributed by atoms with Crippen molar-refractivity contribution in [1.82, 2.24) is 4.98 Å². The zero-order valence-electron chi connectivity index (χ0n) is 26.5. The zero-order chi connectivity index (χ0) is 29.7. The lowest BCUT2D eigenvalue weighted by Gasteiger charge is -2.12. The number of aromatic nitrogens is 1. The molecule has 5 heteroatoms. The quantitative estimate of drug-likeness (QED) is 0.148. The van der Waals surface area contributed by atoms with Gasteiger partial charge in [0.15, 0.2) is 5.13 Å². The second-order valence-electron chi connectivity index (χ2n) is 11.3. The van der Waals surface area contributed by atoms with Crippen LogP contribution in [0.25, 0.3) is 0 Å². The molecule has 3 aromatic rings. The second-order valence-corrected chi connectivity index (χ2v) is 12.3. The average Bonchev–Trinajstić information content (AvgIpc) is 3.34. The number of hydrogen-bond donors (Lipinski definition) is 2. The van der Waals surface area contributed by atoms with Crippen molar-refractivity contribution in [2.24, 2.45) is 0 Å². The van der Waals surface area contributed by atoms with Crippen LogP contribution in [0.3, 0.4) is 0 Å². The third kappa shape index (κ3) is 14.7. The van der Waals surface area contributed by atoms with Crippen molar-refractivity contribution >= 4 is 28.1 Å². The molecule has 41 heavy (non-hydrogen) atoms. The first-order valence-corrected chi connectivity index (χ1v) is 16.8. The fourth-order valence-electron chi connectivity index (χ4n) is 5.13. The maximum absolute atomic E-state index is 12.9. The number of unbranched alkanes of at least 4 members (excludes halogenated alkanes) is 13. The van der Waals surface area contributed by atoms with E-state index in [-0.39, 0.29) is 5.91 Å². The fourth-order valence-corrected chi connectivity index (χ4v) is 6.02. The molecule has 0 fully saturated rings. The predicted octanol–water partition coefficient (Wildman–Crippen LogP) is 11.2. The van der Waals surface area contributed by atoms with Gasteiger partial charge in [0.05, 0.1) is 5.69 Å². The predicted molar refractivity (Wildman–Crippen MR) is 181 cm³/mol. The first-order valence-electron chi connectivity index (χ1n) is 16.0. The Balaban J connectivity index is 0.000000864. The van der Waals surface area contributed by atoms with Gasteiger partial charge in [-0.25, -0.2) is 4.98 Å². The average molecular weight is 578 g/mol. The highest BCUT2D eigenvalue weighted by Gasteiger charge is 2.17. The van der Waals surface area contributed by atoms with E-state index < -0.39 is 0 Å². The zero-order valence-corrected chi connectivity index (χ0v) is 27.3. The molecule has 226 valence electrons. The standard InChI is InChI=1S/C30H49N3OS.C6H6/c1-6-7-8-9-10-11-12-13-14-15-16-17-18-19-20-31-30-32-26(5)28(35-30)29(34)33-27-24(3)21-23(2)22-25(27)4;1-2-4-6-5-3-1/h21-22H,6-20H2,1-5H3,(H,31,32)(H,33,34);1-6H. The van der Waals surface area contributed by atoms with E-state index in [9.17, 15) is 4.79 Å². The molecule has 0 aliphatic carbocycles. The van der Waals surface area contributed by atoms with E-state index >= 15 is 0 Å². The summed E-state index contributed by atoms with van der Waals surface area (Å²) in [4.78, 5) is 18.2.